The predicted octanol–water partition coefficient (Wildman–Crippen LogP) is -0.173. The van der Waals surface area contributed by atoms with Crippen molar-refractivity contribution < 1.29 is 4.79 Å². The molecule has 1 amide bonds. The molecule has 0 radical (unpaired) electrons. The number of nitrogen functional groups attached to an aromatic ring is 1. The van der Waals surface area contributed by atoms with E-state index in [1.807, 2.05) is 0 Å². The van der Waals surface area contributed by atoms with Crippen LogP contribution in [0.25, 0.3) is 0 Å². The number of aromatic nitrogens is 1. The Morgan fingerprint density at radius 2 is 2.53 bits per heavy atom. The van der Waals surface area contributed by atoms with Crippen molar-refractivity contribution in [2.75, 3.05) is 18.8 Å². The summed E-state index contributed by atoms with van der Waals surface area (Å²) in [4.78, 5) is 18.2. The summed E-state index contributed by atoms with van der Waals surface area (Å²) in [6.45, 7) is 1.82. The van der Waals surface area contributed by atoms with Gasteiger partial charge >= 0.3 is 0 Å². The normalized spacial score (nSPS) is 21.2. The van der Waals surface area contributed by atoms with E-state index in [0.29, 0.717) is 5.13 Å². The predicted molar refractivity (Wildman–Crippen MR) is 59.4 cm³/mol. The van der Waals surface area contributed by atoms with Crippen LogP contribution in [0.3, 0.4) is 0 Å². The third kappa shape index (κ3) is 2.27. The van der Waals surface area contributed by atoms with Crippen molar-refractivity contribution in [2.45, 2.75) is 18.9 Å². The maximum atomic E-state index is 11.0. The van der Waals surface area contributed by atoms with Crippen molar-refractivity contribution in [1.29, 1.82) is 0 Å². The van der Waals surface area contributed by atoms with Crippen molar-refractivity contribution in [3.8, 4) is 0 Å². The number of likely N-dealkylation sites (tertiary alicyclic amines) is 1. The number of amides is 1. The second-order valence-corrected chi connectivity index (χ2v) is 4.80. The lowest BCUT2D eigenvalue weighted by molar-refractivity contribution is -0.127. The summed E-state index contributed by atoms with van der Waals surface area (Å²) >= 11 is 1.50. The summed E-state index contributed by atoms with van der Waals surface area (Å²) in [6, 6.07) is -0.0599. The molecule has 1 aliphatic rings. The first-order valence-corrected chi connectivity index (χ1v) is 5.72. The van der Waals surface area contributed by atoms with Crippen LogP contribution in [0.2, 0.25) is 0 Å². The van der Waals surface area contributed by atoms with Crippen molar-refractivity contribution in [3.63, 3.8) is 0 Å². The summed E-state index contributed by atoms with van der Waals surface area (Å²) in [5.41, 5.74) is 10.8. The monoisotopic (exact) mass is 226 g/mol. The first kappa shape index (κ1) is 10.4. The maximum absolute atomic E-state index is 11.0. The van der Waals surface area contributed by atoms with Crippen molar-refractivity contribution in [2.24, 2.45) is 5.73 Å². The average Bonchev–Trinajstić information content (AvgIpc) is 2.48. The topological polar surface area (TPSA) is 85.2 Å². The molecule has 0 bridgehead atoms. The highest BCUT2D eigenvalue weighted by Gasteiger charge is 2.31. The summed E-state index contributed by atoms with van der Waals surface area (Å²) in [5, 5.41) is 0.597. The number of carbonyl (C=O) groups is 1. The minimum absolute atomic E-state index is 0.0599. The largest absolute Gasteiger partial charge is 0.375 e. The van der Waals surface area contributed by atoms with Gasteiger partial charge in [0.1, 0.15) is 0 Å². The number of primary amides is 1. The van der Waals surface area contributed by atoms with Gasteiger partial charge in [-0.2, -0.15) is 0 Å². The van der Waals surface area contributed by atoms with Gasteiger partial charge in [-0.3, -0.25) is 9.69 Å². The molecule has 1 saturated heterocycles. The highest BCUT2D eigenvalue weighted by molar-refractivity contribution is 7.15. The van der Waals surface area contributed by atoms with Crippen LogP contribution in [0, 0.1) is 0 Å². The van der Waals surface area contributed by atoms with Gasteiger partial charge in [0.05, 0.1) is 6.04 Å². The number of hydrogen-bond donors (Lipinski definition) is 2. The van der Waals surface area contributed by atoms with Gasteiger partial charge in [-0.15, -0.1) is 11.3 Å². The van der Waals surface area contributed by atoms with Crippen LogP contribution in [0.4, 0.5) is 5.13 Å². The number of rotatable bonds is 4. The molecule has 15 heavy (non-hydrogen) atoms. The van der Waals surface area contributed by atoms with Gasteiger partial charge in [-0.25, -0.2) is 4.98 Å². The second-order valence-electron chi connectivity index (χ2n) is 3.66. The molecular formula is C9H14N4OS. The third-order valence-electron chi connectivity index (χ3n) is 2.68. The Labute approximate surface area is 92.1 Å². The number of nitrogens with zero attached hydrogens (tertiary/aromatic N) is 2. The number of nitrogens with two attached hydrogens (primary N) is 2. The minimum Gasteiger partial charge on any atom is -0.375 e. The van der Waals surface area contributed by atoms with E-state index in [4.69, 9.17) is 11.5 Å². The van der Waals surface area contributed by atoms with Gasteiger partial charge in [-0.1, -0.05) is 0 Å². The van der Waals surface area contributed by atoms with Gasteiger partial charge in [0.25, 0.3) is 0 Å². The molecule has 1 unspecified atom stereocenters. The van der Waals surface area contributed by atoms with Crippen LogP contribution in [0.15, 0.2) is 6.20 Å². The van der Waals surface area contributed by atoms with Gasteiger partial charge in [0.15, 0.2) is 5.13 Å². The molecule has 1 fully saturated rings. The van der Waals surface area contributed by atoms with Gasteiger partial charge in [0, 0.05) is 24.2 Å². The molecule has 2 rings (SSSR count). The summed E-state index contributed by atoms with van der Waals surface area (Å²) in [6.07, 6.45) is 3.57. The Hall–Kier alpha value is -1.14. The summed E-state index contributed by atoms with van der Waals surface area (Å²) in [7, 11) is 0. The molecule has 0 aromatic carbocycles. The molecule has 0 aliphatic carbocycles. The Kier molecular flexibility index (Phi) is 2.88. The van der Waals surface area contributed by atoms with Crippen molar-refractivity contribution >= 4 is 22.4 Å². The number of carbonyl (C=O) groups excluding carboxylic acids is 1. The number of anilines is 1. The lowest BCUT2D eigenvalue weighted by Gasteiger charge is -2.38. The maximum Gasteiger partial charge on any atom is 0.234 e. The van der Waals surface area contributed by atoms with Gasteiger partial charge < -0.3 is 11.5 Å². The zero-order valence-corrected chi connectivity index (χ0v) is 9.17. The molecule has 0 saturated carbocycles. The molecule has 1 aromatic heterocycles. The Balaban J connectivity index is 1.81. The Morgan fingerprint density at radius 3 is 3.00 bits per heavy atom. The first-order valence-electron chi connectivity index (χ1n) is 4.90. The smallest absolute Gasteiger partial charge is 0.234 e. The number of hydrogen-bond acceptors (Lipinski definition) is 5. The van der Waals surface area contributed by atoms with E-state index in [2.05, 4.69) is 9.88 Å². The van der Waals surface area contributed by atoms with Crippen molar-refractivity contribution in [3.05, 3.63) is 11.1 Å². The van der Waals surface area contributed by atoms with Crippen LogP contribution in [-0.2, 0) is 11.2 Å². The standard InChI is InChI=1S/C9H14N4OS/c10-8(14)7-2-4-13(7)3-1-6-5-12-9(11)15-6/h5,7H,1-4H2,(H2,10,14)(H2,11,12). The fourth-order valence-corrected chi connectivity index (χ4v) is 2.40. The fraction of sp³-hybridized carbons (Fsp3) is 0.556. The zero-order chi connectivity index (χ0) is 10.8. The Bertz CT molecular complexity index is 365. The van der Waals surface area contributed by atoms with E-state index in [9.17, 15) is 4.79 Å². The van der Waals surface area contributed by atoms with Crippen LogP contribution >= 0.6 is 11.3 Å². The highest BCUT2D eigenvalue weighted by Crippen LogP contribution is 2.20. The van der Waals surface area contributed by atoms with Gasteiger partial charge in [0.2, 0.25) is 5.91 Å². The second kappa shape index (κ2) is 4.16. The summed E-state index contributed by atoms with van der Waals surface area (Å²) < 4.78 is 0. The lowest BCUT2D eigenvalue weighted by Crippen LogP contribution is -2.55. The first-order chi connectivity index (χ1) is 7.16. The van der Waals surface area contributed by atoms with E-state index < -0.39 is 0 Å². The van der Waals surface area contributed by atoms with Crippen LogP contribution in [0.5, 0.6) is 0 Å². The molecule has 2 heterocycles. The molecule has 1 aliphatic heterocycles. The minimum atomic E-state index is -0.218. The summed E-state index contributed by atoms with van der Waals surface area (Å²) in [5.74, 6) is -0.218. The van der Waals surface area contributed by atoms with E-state index >= 15 is 0 Å². The van der Waals surface area contributed by atoms with E-state index in [1.54, 1.807) is 6.20 Å². The van der Waals surface area contributed by atoms with Crippen LogP contribution < -0.4 is 11.5 Å². The molecule has 1 aromatic rings. The fourth-order valence-electron chi connectivity index (χ4n) is 1.72. The third-order valence-corrected chi connectivity index (χ3v) is 3.56. The quantitative estimate of drug-likeness (QED) is 0.746. The molecule has 82 valence electrons. The zero-order valence-electron chi connectivity index (χ0n) is 8.35. The SMILES string of the molecule is NC(=O)C1CCN1CCc1cnc(N)s1. The average molecular weight is 226 g/mol. The molecule has 4 N–H and O–H groups in total. The highest BCUT2D eigenvalue weighted by atomic mass is 32.1. The Morgan fingerprint density at radius 1 is 1.73 bits per heavy atom. The molecule has 5 nitrogen and oxygen atoms in total. The molecule has 6 heteroatoms. The lowest BCUT2D eigenvalue weighted by atomic mass is 10.0. The van der Waals surface area contributed by atoms with E-state index in [0.717, 1.165) is 30.8 Å². The molecule has 1 atom stereocenters. The van der Waals surface area contributed by atoms with E-state index in [-0.39, 0.29) is 11.9 Å². The van der Waals surface area contributed by atoms with Crippen LogP contribution in [0.1, 0.15) is 11.3 Å². The van der Waals surface area contributed by atoms with Crippen molar-refractivity contribution in [1.82, 2.24) is 9.88 Å². The van der Waals surface area contributed by atoms with E-state index in [1.165, 1.54) is 11.3 Å². The van der Waals surface area contributed by atoms with Crippen LogP contribution in [-0.4, -0.2) is 34.9 Å². The molecule has 0 spiro atoms. The molecular weight excluding hydrogens is 212 g/mol. The van der Waals surface area contributed by atoms with Gasteiger partial charge in [-0.05, 0) is 12.8 Å². The number of thiazole rings is 1.